The van der Waals surface area contributed by atoms with Crippen LogP contribution in [0.15, 0.2) is 30.3 Å². The van der Waals surface area contributed by atoms with E-state index in [2.05, 4.69) is 55.3 Å². The van der Waals surface area contributed by atoms with Crippen molar-refractivity contribution in [3.05, 3.63) is 35.9 Å². The van der Waals surface area contributed by atoms with Crippen LogP contribution in [0.3, 0.4) is 0 Å². The smallest absolute Gasteiger partial charge is 0.243 e. The minimum absolute atomic E-state index is 0.0220. The van der Waals surface area contributed by atoms with Gasteiger partial charge in [0.05, 0.1) is 5.88 Å². The second kappa shape index (κ2) is 9.31. The Hall–Kier alpha value is -1.53. The molecule has 1 unspecified atom stereocenters. The Kier molecular flexibility index (Phi) is 7.05. The highest BCUT2D eigenvalue weighted by Crippen LogP contribution is 2.27. The summed E-state index contributed by atoms with van der Waals surface area (Å²) in [5, 5.41) is 3.22. The summed E-state index contributed by atoms with van der Waals surface area (Å²) < 4.78 is 0. The Labute approximate surface area is 173 Å². The van der Waals surface area contributed by atoms with Crippen LogP contribution in [0.4, 0.5) is 0 Å². The molecule has 0 saturated carbocycles. The predicted molar refractivity (Wildman–Crippen MR) is 115 cm³/mol. The second-order valence-corrected chi connectivity index (χ2v) is 10.2. The summed E-state index contributed by atoms with van der Waals surface area (Å²) in [6.45, 7) is 9.14. The molecule has 2 aliphatic rings. The molecule has 2 aliphatic heterocycles. The van der Waals surface area contributed by atoms with E-state index in [-0.39, 0.29) is 29.3 Å². The molecule has 2 fully saturated rings. The number of hydrogen-bond acceptors (Lipinski definition) is 4. The van der Waals surface area contributed by atoms with Gasteiger partial charge >= 0.3 is 0 Å². The van der Waals surface area contributed by atoms with E-state index in [0.717, 1.165) is 32.5 Å². The van der Waals surface area contributed by atoms with Crippen LogP contribution in [0.1, 0.15) is 45.6 Å². The molecule has 6 heteroatoms. The van der Waals surface area contributed by atoms with E-state index in [9.17, 15) is 9.59 Å². The molecule has 154 valence electrons. The SMILES string of the molecule is CC(C)(C)CC(=O)N1CSCC1C(=O)NC1CCN(Cc2ccccc2)CC1. The number of rotatable bonds is 5. The maximum atomic E-state index is 12.8. The lowest BCUT2D eigenvalue weighted by Crippen LogP contribution is -2.52. The highest BCUT2D eigenvalue weighted by molar-refractivity contribution is 7.99. The van der Waals surface area contributed by atoms with E-state index < -0.39 is 0 Å². The zero-order valence-electron chi connectivity index (χ0n) is 17.3. The van der Waals surface area contributed by atoms with Crippen LogP contribution in [0.2, 0.25) is 0 Å². The van der Waals surface area contributed by atoms with Gasteiger partial charge in [0.25, 0.3) is 0 Å². The van der Waals surface area contributed by atoms with Crippen molar-refractivity contribution in [3.8, 4) is 0 Å². The molecule has 0 aromatic heterocycles. The Balaban J connectivity index is 1.46. The monoisotopic (exact) mass is 403 g/mol. The zero-order chi connectivity index (χ0) is 20.1. The Morgan fingerprint density at radius 1 is 1.14 bits per heavy atom. The Bertz CT molecular complexity index is 666. The fourth-order valence-corrected chi connectivity index (χ4v) is 5.02. The van der Waals surface area contributed by atoms with Crippen LogP contribution in [-0.2, 0) is 16.1 Å². The van der Waals surface area contributed by atoms with Gasteiger partial charge in [0.15, 0.2) is 0 Å². The molecule has 2 saturated heterocycles. The number of carbonyl (C=O) groups excluding carboxylic acids is 2. The molecule has 28 heavy (non-hydrogen) atoms. The van der Waals surface area contributed by atoms with Crippen LogP contribution in [-0.4, -0.2) is 58.4 Å². The number of hydrogen-bond donors (Lipinski definition) is 1. The molecular weight excluding hydrogens is 370 g/mol. The predicted octanol–water partition coefficient (Wildman–Crippen LogP) is 3.10. The number of carbonyl (C=O) groups is 2. The summed E-state index contributed by atoms with van der Waals surface area (Å²) in [6, 6.07) is 10.4. The summed E-state index contributed by atoms with van der Waals surface area (Å²) >= 11 is 1.67. The molecule has 5 nitrogen and oxygen atoms in total. The first-order valence-electron chi connectivity index (χ1n) is 10.3. The first-order valence-corrected chi connectivity index (χ1v) is 11.4. The summed E-state index contributed by atoms with van der Waals surface area (Å²) in [4.78, 5) is 29.7. The third kappa shape index (κ3) is 5.98. The number of likely N-dealkylation sites (tertiary alicyclic amines) is 1. The zero-order valence-corrected chi connectivity index (χ0v) is 18.1. The lowest BCUT2D eigenvalue weighted by Gasteiger charge is -2.34. The maximum absolute atomic E-state index is 12.8. The minimum Gasteiger partial charge on any atom is -0.351 e. The molecule has 1 aromatic rings. The summed E-state index contributed by atoms with van der Waals surface area (Å²) in [5.41, 5.74) is 1.28. The normalized spacial score (nSPS) is 21.7. The first kappa shape index (κ1) is 21.2. The molecule has 1 N–H and O–H groups in total. The maximum Gasteiger partial charge on any atom is 0.243 e. The average Bonchev–Trinajstić information content (AvgIpc) is 3.13. The Morgan fingerprint density at radius 3 is 2.46 bits per heavy atom. The fourth-order valence-electron chi connectivity index (χ4n) is 3.84. The van der Waals surface area contributed by atoms with Gasteiger partial charge in [0.2, 0.25) is 11.8 Å². The molecular formula is C22H33N3O2S. The summed E-state index contributed by atoms with van der Waals surface area (Å²) in [5.74, 6) is 1.45. The van der Waals surface area contributed by atoms with Gasteiger partial charge in [-0.3, -0.25) is 14.5 Å². The lowest BCUT2D eigenvalue weighted by atomic mass is 9.91. The number of benzene rings is 1. The molecule has 1 atom stereocenters. The van der Waals surface area contributed by atoms with Crippen molar-refractivity contribution in [2.75, 3.05) is 24.7 Å². The molecule has 0 aliphatic carbocycles. The van der Waals surface area contributed by atoms with Crippen LogP contribution in [0.25, 0.3) is 0 Å². The van der Waals surface area contributed by atoms with Crippen LogP contribution in [0, 0.1) is 5.41 Å². The number of nitrogens with one attached hydrogen (secondary N) is 1. The number of thioether (sulfide) groups is 1. The van der Waals surface area contributed by atoms with E-state index in [4.69, 9.17) is 0 Å². The van der Waals surface area contributed by atoms with Crippen molar-refractivity contribution < 1.29 is 9.59 Å². The van der Waals surface area contributed by atoms with Crippen LogP contribution < -0.4 is 5.32 Å². The highest BCUT2D eigenvalue weighted by atomic mass is 32.2. The quantitative estimate of drug-likeness (QED) is 0.821. The average molecular weight is 404 g/mol. The Morgan fingerprint density at radius 2 is 1.82 bits per heavy atom. The number of piperidine rings is 1. The van der Waals surface area contributed by atoms with Crippen molar-refractivity contribution >= 4 is 23.6 Å². The topological polar surface area (TPSA) is 52.7 Å². The molecule has 0 radical (unpaired) electrons. The van der Waals surface area contributed by atoms with Gasteiger partial charge in [-0.05, 0) is 23.8 Å². The van der Waals surface area contributed by atoms with Gasteiger partial charge < -0.3 is 10.2 Å². The summed E-state index contributed by atoms with van der Waals surface area (Å²) in [7, 11) is 0. The van der Waals surface area contributed by atoms with Crippen LogP contribution in [0.5, 0.6) is 0 Å². The van der Waals surface area contributed by atoms with Gasteiger partial charge in [-0.1, -0.05) is 51.1 Å². The molecule has 3 rings (SSSR count). The first-order chi connectivity index (χ1) is 13.3. The third-order valence-corrected chi connectivity index (χ3v) is 6.38. The van der Waals surface area contributed by atoms with Crippen molar-refractivity contribution in [2.45, 2.75) is 58.7 Å². The van der Waals surface area contributed by atoms with Gasteiger partial charge in [-0.15, -0.1) is 11.8 Å². The van der Waals surface area contributed by atoms with E-state index in [0.29, 0.717) is 18.1 Å². The van der Waals surface area contributed by atoms with E-state index >= 15 is 0 Å². The summed E-state index contributed by atoms with van der Waals surface area (Å²) in [6.07, 6.45) is 2.41. The largest absolute Gasteiger partial charge is 0.351 e. The van der Waals surface area contributed by atoms with Crippen LogP contribution >= 0.6 is 11.8 Å². The number of nitrogens with zero attached hydrogens (tertiary/aromatic N) is 2. The van der Waals surface area contributed by atoms with Crippen molar-refractivity contribution in [2.24, 2.45) is 5.41 Å². The second-order valence-electron chi connectivity index (χ2n) is 9.16. The van der Waals surface area contributed by atoms with Crippen molar-refractivity contribution in [1.29, 1.82) is 0 Å². The molecule has 1 aromatic carbocycles. The van der Waals surface area contributed by atoms with Gasteiger partial charge in [-0.25, -0.2) is 0 Å². The van der Waals surface area contributed by atoms with Gasteiger partial charge in [0.1, 0.15) is 6.04 Å². The minimum atomic E-state index is -0.317. The third-order valence-electron chi connectivity index (χ3n) is 5.37. The molecule has 2 amide bonds. The van der Waals surface area contributed by atoms with E-state index in [1.807, 2.05) is 6.07 Å². The molecule has 0 bridgehead atoms. The van der Waals surface area contributed by atoms with Gasteiger partial charge in [-0.2, -0.15) is 0 Å². The molecule has 0 spiro atoms. The van der Waals surface area contributed by atoms with Gasteiger partial charge in [0, 0.05) is 37.8 Å². The van der Waals surface area contributed by atoms with Crippen molar-refractivity contribution in [3.63, 3.8) is 0 Å². The van der Waals surface area contributed by atoms with E-state index in [1.54, 1.807) is 16.7 Å². The highest BCUT2D eigenvalue weighted by Gasteiger charge is 2.36. The standard InChI is InChI=1S/C22H33N3O2S/c1-22(2,3)13-20(26)25-16-28-15-19(25)21(27)23-18-9-11-24(12-10-18)14-17-7-5-4-6-8-17/h4-8,18-19H,9-16H2,1-3H3,(H,23,27). The lowest BCUT2D eigenvalue weighted by molar-refractivity contribution is -0.139. The van der Waals surface area contributed by atoms with E-state index in [1.165, 1.54) is 5.56 Å². The fraction of sp³-hybridized carbons (Fsp3) is 0.636. The molecule has 2 heterocycles. The van der Waals surface area contributed by atoms with Crippen molar-refractivity contribution in [1.82, 2.24) is 15.1 Å². The number of amides is 2.